The summed E-state index contributed by atoms with van der Waals surface area (Å²) in [7, 11) is 0. The molecule has 3 aliphatic rings. The highest BCUT2D eigenvalue weighted by Crippen LogP contribution is 2.26. The second-order valence-electron chi connectivity index (χ2n) is 9.06. The monoisotopic (exact) mass is 389 g/mol. The standard InChI is InChI=1S/C21H35N5O2/c1-16(2)20-23-22-19(28-20)15-24-12-7-18(8-13-24)26-11-5-6-17(14-26)21(27)25-9-3-4-10-25/h16-18H,3-15H2,1-2H3. The van der Waals surface area contributed by atoms with Crippen LogP contribution in [0.5, 0.6) is 0 Å². The van der Waals surface area contributed by atoms with Gasteiger partial charge in [-0.15, -0.1) is 10.2 Å². The first kappa shape index (κ1) is 19.8. The van der Waals surface area contributed by atoms with E-state index in [1.807, 2.05) is 0 Å². The van der Waals surface area contributed by atoms with Crippen molar-refractivity contribution in [3.8, 4) is 0 Å². The van der Waals surface area contributed by atoms with E-state index in [0.29, 0.717) is 11.9 Å². The lowest BCUT2D eigenvalue weighted by molar-refractivity contribution is -0.136. The molecule has 0 bridgehead atoms. The molecule has 0 saturated carbocycles. The van der Waals surface area contributed by atoms with Crippen molar-refractivity contribution in [2.45, 2.75) is 70.9 Å². The van der Waals surface area contributed by atoms with Gasteiger partial charge in [-0.05, 0) is 45.1 Å². The topological polar surface area (TPSA) is 65.7 Å². The van der Waals surface area contributed by atoms with Crippen molar-refractivity contribution in [1.82, 2.24) is 24.9 Å². The van der Waals surface area contributed by atoms with Crippen molar-refractivity contribution in [3.63, 3.8) is 0 Å². The Morgan fingerprint density at radius 1 is 1.04 bits per heavy atom. The number of hydrogen-bond acceptors (Lipinski definition) is 6. The zero-order valence-corrected chi connectivity index (χ0v) is 17.5. The van der Waals surface area contributed by atoms with Crippen molar-refractivity contribution in [1.29, 1.82) is 0 Å². The van der Waals surface area contributed by atoms with Crippen molar-refractivity contribution >= 4 is 5.91 Å². The van der Waals surface area contributed by atoms with Gasteiger partial charge in [0.15, 0.2) is 0 Å². The van der Waals surface area contributed by atoms with E-state index >= 15 is 0 Å². The van der Waals surface area contributed by atoms with Gasteiger partial charge in [0.05, 0.1) is 12.5 Å². The Balaban J connectivity index is 1.25. The lowest BCUT2D eigenvalue weighted by Gasteiger charge is -2.42. The normalized spacial score (nSPS) is 25.7. The van der Waals surface area contributed by atoms with Crippen molar-refractivity contribution in [2.24, 2.45) is 5.92 Å². The summed E-state index contributed by atoms with van der Waals surface area (Å²) in [6, 6.07) is 0.610. The molecule has 1 unspecified atom stereocenters. The van der Waals surface area contributed by atoms with Crippen molar-refractivity contribution < 1.29 is 9.21 Å². The summed E-state index contributed by atoms with van der Waals surface area (Å²) in [5.41, 5.74) is 0. The maximum absolute atomic E-state index is 12.8. The Morgan fingerprint density at radius 3 is 2.46 bits per heavy atom. The number of amides is 1. The molecule has 0 spiro atoms. The maximum Gasteiger partial charge on any atom is 0.230 e. The average Bonchev–Trinajstić information content (AvgIpc) is 3.40. The summed E-state index contributed by atoms with van der Waals surface area (Å²) in [5, 5.41) is 8.34. The molecule has 28 heavy (non-hydrogen) atoms. The Morgan fingerprint density at radius 2 is 1.79 bits per heavy atom. The van der Waals surface area contributed by atoms with E-state index in [0.717, 1.165) is 83.3 Å². The van der Waals surface area contributed by atoms with Gasteiger partial charge in [0.25, 0.3) is 0 Å². The zero-order chi connectivity index (χ0) is 19.5. The summed E-state index contributed by atoms with van der Waals surface area (Å²) in [6.07, 6.45) is 6.91. The maximum atomic E-state index is 12.8. The van der Waals surface area contributed by atoms with E-state index in [2.05, 4.69) is 38.7 Å². The van der Waals surface area contributed by atoms with E-state index in [1.54, 1.807) is 0 Å². The first-order valence-electron chi connectivity index (χ1n) is 11.2. The van der Waals surface area contributed by atoms with E-state index in [1.165, 1.54) is 12.8 Å². The second-order valence-corrected chi connectivity index (χ2v) is 9.06. The Kier molecular flexibility index (Phi) is 6.31. The van der Waals surface area contributed by atoms with Crippen molar-refractivity contribution in [3.05, 3.63) is 11.8 Å². The van der Waals surface area contributed by atoms with Crippen LogP contribution < -0.4 is 0 Å². The summed E-state index contributed by atoms with van der Waals surface area (Å²) in [6.45, 7) is 11.1. The first-order valence-corrected chi connectivity index (χ1v) is 11.2. The van der Waals surface area contributed by atoms with Gasteiger partial charge < -0.3 is 9.32 Å². The molecule has 0 aromatic carbocycles. The minimum Gasteiger partial charge on any atom is -0.424 e. The molecule has 7 nitrogen and oxygen atoms in total. The Bertz CT molecular complexity index is 647. The van der Waals surface area contributed by atoms with E-state index < -0.39 is 0 Å². The van der Waals surface area contributed by atoms with Crippen LogP contribution in [0.1, 0.15) is 70.1 Å². The number of nitrogens with zero attached hydrogens (tertiary/aromatic N) is 5. The number of aromatic nitrogens is 2. The molecule has 1 amide bonds. The molecule has 1 aromatic heterocycles. The Hall–Kier alpha value is -1.47. The number of rotatable bonds is 5. The largest absolute Gasteiger partial charge is 0.424 e. The molecular weight excluding hydrogens is 354 g/mol. The molecule has 0 aliphatic carbocycles. The molecule has 156 valence electrons. The van der Waals surface area contributed by atoms with Gasteiger partial charge >= 0.3 is 0 Å². The SMILES string of the molecule is CC(C)c1nnc(CN2CCC(N3CCCC(C(=O)N4CCCC4)C3)CC2)o1. The molecule has 4 heterocycles. The lowest BCUT2D eigenvalue weighted by atomic mass is 9.93. The third-order valence-corrected chi connectivity index (χ3v) is 6.63. The molecule has 3 saturated heterocycles. The lowest BCUT2D eigenvalue weighted by Crippen LogP contribution is -2.51. The van der Waals surface area contributed by atoms with Gasteiger partial charge in [0.1, 0.15) is 0 Å². The summed E-state index contributed by atoms with van der Waals surface area (Å²) >= 11 is 0. The van der Waals surface area contributed by atoms with Crippen LogP contribution in [0.15, 0.2) is 4.42 Å². The molecule has 3 fully saturated rings. The van der Waals surface area contributed by atoms with Crippen LogP contribution in [-0.4, -0.2) is 76.1 Å². The van der Waals surface area contributed by atoms with Crippen LogP contribution >= 0.6 is 0 Å². The van der Waals surface area contributed by atoms with Crippen LogP contribution in [0.25, 0.3) is 0 Å². The fraction of sp³-hybridized carbons (Fsp3) is 0.857. The van der Waals surface area contributed by atoms with Gasteiger partial charge in [-0.2, -0.15) is 0 Å². The highest BCUT2D eigenvalue weighted by molar-refractivity contribution is 5.79. The van der Waals surface area contributed by atoms with Crippen molar-refractivity contribution in [2.75, 3.05) is 39.3 Å². The molecular formula is C21H35N5O2. The molecule has 7 heteroatoms. The predicted octanol–water partition coefficient (Wildman–Crippen LogP) is 2.49. The van der Waals surface area contributed by atoms with Crippen LogP contribution in [0, 0.1) is 5.92 Å². The van der Waals surface area contributed by atoms with Crippen LogP contribution in [0.3, 0.4) is 0 Å². The zero-order valence-electron chi connectivity index (χ0n) is 17.5. The summed E-state index contributed by atoms with van der Waals surface area (Å²) in [5.74, 6) is 2.38. The van der Waals surface area contributed by atoms with Gasteiger partial charge in [-0.3, -0.25) is 14.6 Å². The fourth-order valence-electron chi connectivity index (χ4n) is 4.93. The molecule has 0 N–H and O–H groups in total. The number of hydrogen-bond donors (Lipinski definition) is 0. The van der Waals surface area contributed by atoms with E-state index in [-0.39, 0.29) is 11.8 Å². The van der Waals surface area contributed by atoms with Gasteiger partial charge in [-0.25, -0.2) is 0 Å². The second kappa shape index (κ2) is 8.91. The smallest absolute Gasteiger partial charge is 0.230 e. The van der Waals surface area contributed by atoms with Gasteiger partial charge in [0.2, 0.25) is 17.7 Å². The first-order chi connectivity index (χ1) is 13.6. The Labute approximate surface area is 168 Å². The highest BCUT2D eigenvalue weighted by Gasteiger charge is 2.34. The number of carbonyl (C=O) groups excluding carboxylic acids is 1. The third kappa shape index (κ3) is 4.57. The minimum atomic E-state index is 0.220. The molecule has 1 aromatic rings. The molecule has 3 aliphatic heterocycles. The van der Waals surface area contributed by atoms with E-state index in [9.17, 15) is 4.79 Å². The molecule has 4 rings (SSSR count). The number of carbonyl (C=O) groups is 1. The van der Waals surface area contributed by atoms with E-state index in [4.69, 9.17) is 4.42 Å². The minimum absolute atomic E-state index is 0.220. The summed E-state index contributed by atoms with van der Waals surface area (Å²) < 4.78 is 5.76. The fourth-order valence-corrected chi connectivity index (χ4v) is 4.93. The van der Waals surface area contributed by atoms with Crippen LogP contribution in [-0.2, 0) is 11.3 Å². The van der Waals surface area contributed by atoms with Crippen LogP contribution in [0.2, 0.25) is 0 Å². The summed E-state index contributed by atoms with van der Waals surface area (Å²) in [4.78, 5) is 19.9. The highest BCUT2D eigenvalue weighted by atomic mass is 16.4. The van der Waals surface area contributed by atoms with Gasteiger partial charge in [-0.1, -0.05) is 13.8 Å². The number of likely N-dealkylation sites (tertiary alicyclic amines) is 3. The number of piperidine rings is 2. The van der Waals surface area contributed by atoms with Gasteiger partial charge in [0, 0.05) is 44.7 Å². The molecule has 0 radical (unpaired) electrons. The quantitative estimate of drug-likeness (QED) is 0.771. The third-order valence-electron chi connectivity index (χ3n) is 6.63. The molecule has 1 atom stereocenters. The average molecular weight is 390 g/mol. The van der Waals surface area contributed by atoms with Crippen LogP contribution in [0.4, 0.5) is 0 Å². The predicted molar refractivity (Wildman–Crippen MR) is 107 cm³/mol.